The third-order valence-electron chi connectivity index (χ3n) is 11.8. The van der Waals surface area contributed by atoms with Gasteiger partial charge in [0.1, 0.15) is 117 Å². The van der Waals surface area contributed by atoms with Gasteiger partial charge in [0.15, 0.2) is 11.5 Å². The van der Waals surface area contributed by atoms with Crippen LogP contribution in [0.5, 0.6) is 11.5 Å². The second-order valence-corrected chi connectivity index (χ2v) is 28.1. The number of rotatable bonds is 25. The summed E-state index contributed by atoms with van der Waals surface area (Å²) < 4.78 is 248. The Kier molecular flexibility index (Phi) is 36.9. The number of phenolic OH excluding ortho intramolecular Hbond substituents is 2. The van der Waals surface area contributed by atoms with Crippen LogP contribution in [0.1, 0.15) is 0 Å². The molecule has 0 fully saturated rings. The van der Waals surface area contributed by atoms with Gasteiger partial charge in [-0.25, -0.2) is 58.9 Å². The Balaban J connectivity index is 0.00000686. The fourth-order valence-corrected chi connectivity index (χ4v) is 11.2. The molecule has 50 heteroatoms. The molecule has 480 valence electrons. The molecule has 0 amide bonds. The van der Waals surface area contributed by atoms with E-state index in [0.29, 0.717) is 6.07 Å². The average Bonchev–Trinajstić information content (AvgIpc) is 0.775. The standard InChI is InChI=1S/C48H43N13O23S7.7Na/c62-47-35-17-32(54-58-37-11-8-28(49-22-85(64,65)66)19-40(37)51-24-87(70,71)72)6-4-26(35)14-43(90(79,80)81)45(47)60-56-31-3-1-2-30(16-31)53-39-13-10-34(21-42(39)89(76,77)78)57-61-46-44(91(82,83)84)15-27-5-7-33(18-36(27)48(46)63)55-59-38-12-9-29(50-23-86(67,68)69)20-41(38)52-25-88(73,74)75;;;;;;;/h1-21,49-53,62-63H,22-25H2,(H,64,65,66)(H,67,68,69)(H,70,71,72)(H,73,74,75)(H,76,77,78)(H,79,80,81)(H,82,83,84);;;;;;;/q;7*+1/p-7. The van der Waals surface area contributed by atoms with Crippen molar-refractivity contribution in [1.29, 1.82) is 0 Å². The summed E-state index contributed by atoms with van der Waals surface area (Å²) in [5.41, 5.74) is -3.82. The van der Waals surface area contributed by atoms with Gasteiger partial charge in [-0.05, 0) is 120 Å². The molecule has 0 saturated heterocycles. The molecular formula is C48H36N13Na7O23S7. The van der Waals surface area contributed by atoms with Crippen molar-refractivity contribution in [2.45, 2.75) is 14.7 Å². The van der Waals surface area contributed by atoms with Crippen LogP contribution in [0.4, 0.5) is 79.6 Å². The fourth-order valence-electron chi connectivity index (χ4n) is 7.91. The zero-order valence-electron chi connectivity index (χ0n) is 51.9. The Morgan fingerprint density at radius 1 is 0.316 bits per heavy atom. The van der Waals surface area contributed by atoms with E-state index in [4.69, 9.17) is 0 Å². The molecular weight excluding hydrogens is 1510 g/mol. The van der Waals surface area contributed by atoms with E-state index >= 15 is 0 Å². The number of benzene rings is 8. The molecule has 98 heavy (non-hydrogen) atoms. The Morgan fingerprint density at radius 2 is 0.663 bits per heavy atom. The molecule has 0 bridgehead atoms. The van der Waals surface area contributed by atoms with E-state index in [2.05, 4.69) is 67.5 Å². The van der Waals surface area contributed by atoms with Crippen molar-refractivity contribution in [3.05, 3.63) is 127 Å². The molecule has 0 heterocycles. The van der Waals surface area contributed by atoms with E-state index in [0.717, 1.165) is 48.5 Å². The van der Waals surface area contributed by atoms with Crippen molar-refractivity contribution in [3.63, 3.8) is 0 Å². The van der Waals surface area contributed by atoms with Gasteiger partial charge in [-0.15, -0.1) is 20.5 Å². The number of hydrogen-bond donors (Lipinski definition) is 7. The van der Waals surface area contributed by atoms with Crippen LogP contribution >= 0.6 is 0 Å². The summed E-state index contributed by atoms with van der Waals surface area (Å²) in [4.78, 5) is -3.17. The molecule has 8 rings (SSSR count). The van der Waals surface area contributed by atoms with Gasteiger partial charge < -0.3 is 68.7 Å². The maximum atomic E-state index is 12.7. The van der Waals surface area contributed by atoms with Crippen LogP contribution in [0.3, 0.4) is 0 Å². The summed E-state index contributed by atoms with van der Waals surface area (Å²) in [5.74, 6) is -6.37. The summed E-state index contributed by atoms with van der Waals surface area (Å²) >= 11 is 0. The van der Waals surface area contributed by atoms with E-state index in [1.54, 1.807) is 0 Å². The Hall–Kier alpha value is -2.35. The molecule has 0 aliphatic rings. The van der Waals surface area contributed by atoms with Crippen molar-refractivity contribution in [2.75, 3.05) is 50.1 Å². The van der Waals surface area contributed by atoms with Gasteiger partial charge in [-0.2, -0.15) is 20.5 Å². The number of nitrogens with one attached hydrogen (secondary N) is 5. The van der Waals surface area contributed by atoms with Gasteiger partial charge >= 0.3 is 207 Å². The number of nitrogens with zero attached hydrogens (tertiary/aromatic N) is 8. The third kappa shape index (κ3) is 27.6. The fraction of sp³-hybridized carbons (Fsp3) is 0.0833. The van der Waals surface area contributed by atoms with Crippen LogP contribution in [-0.4, -0.2) is 125 Å². The summed E-state index contributed by atoms with van der Waals surface area (Å²) in [6.07, 6.45) is 0. The molecule has 0 saturated carbocycles. The molecule has 0 radical (unpaired) electrons. The van der Waals surface area contributed by atoms with Crippen LogP contribution in [0.15, 0.2) is 183 Å². The second-order valence-electron chi connectivity index (χ2n) is 18.5. The molecule has 8 aromatic rings. The van der Waals surface area contributed by atoms with Crippen LogP contribution in [-0.2, 0) is 70.8 Å². The molecule has 8 aromatic carbocycles. The van der Waals surface area contributed by atoms with Gasteiger partial charge in [-0.3, -0.25) is 0 Å². The van der Waals surface area contributed by atoms with Crippen molar-refractivity contribution >= 4 is 172 Å². The van der Waals surface area contributed by atoms with E-state index in [1.165, 1.54) is 72.8 Å². The molecule has 0 spiro atoms. The quantitative estimate of drug-likeness (QED) is 0.0159. The molecule has 0 aliphatic heterocycles. The summed E-state index contributed by atoms with van der Waals surface area (Å²) in [6, 6.07) is 23.8. The Morgan fingerprint density at radius 3 is 1.04 bits per heavy atom. The number of anilines is 6. The monoisotopic (exact) mass is 1550 g/mol. The minimum absolute atomic E-state index is 0. The summed E-state index contributed by atoms with van der Waals surface area (Å²) in [5, 5.41) is 65.4. The Bertz CT molecular complexity index is 5270. The third-order valence-corrected chi connectivity index (χ3v) is 16.4. The normalized spacial score (nSPS) is 12.1. The largest absolute Gasteiger partial charge is 1.00 e. The van der Waals surface area contributed by atoms with Crippen LogP contribution in [0.2, 0.25) is 0 Å². The first-order chi connectivity index (χ1) is 42.2. The van der Waals surface area contributed by atoms with E-state index < -0.39 is 143 Å². The SMILES string of the molecule is O=S(=O)([O-])CNc1ccc(N=Nc2ccc3cc(S(=O)(=O)[O-])c(N=Nc4cccc(Nc5ccc(N=Nc6c(S(=O)(=O)[O-])cc7ccc(N=Nc8ccc(NCS(=O)(=O)[O-])cc8NCS(=O)(=O)[O-])cc7c6O)cc5S(=O)(=O)[O-])c4)c(O)c3c2)c(NCS(=O)(=O)[O-])c1.[Na+].[Na+].[Na+].[Na+].[Na+].[Na+].[Na+]. The number of azo groups is 4. The number of hydrogen-bond acceptors (Lipinski definition) is 36. The van der Waals surface area contributed by atoms with Crippen molar-refractivity contribution in [1.82, 2.24) is 0 Å². The maximum absolute atomic E-state index is 12.7. The van der Waals surface area contributed by atoms with Gasteiger partial charge in [0.25, 0.3) is 0 Å². The first kappa shape index (κ1) is 93.7. The smallest absolute Gasteiger partial charge is 0.747 e. The molecule has 0 atom stereocenters. The van der Waals surface area contributed by atoms with E-state index in [1.807, 2.05) is 0 Å². The molecule has 0 unspecified atom stereocenters. The summed E-state index contributed by atoms with van der Waals surface area (Å²) in [7, 11) is -35.6. The first-order valence-electron chi connectivity index (χ1n) is 24.4. The minimum Gasteiger partial charge on any atom is -0.747 e. The predicted molar refractivity (Wildman–Crippen MR) is 314 cm³/mol. The van der Waals surface area contributed by atoms with Gasteiger partial charge in [0.05, 0.1) is 54.5 Å². The van der Waals surface area contributed by atoms with E-state index in [9.17, 15) is 101 Å². The van der Waals surface area contributed by atoms with Gasteiger partial charge in [0, 0.05) is 27.8 Å². The number of phenols is 2. The zero-order chi connectivity index (χ0) is 66.6. The van der Waals surface area contributed by atoms with Gasteiger partial charge in [-0.1, -0.05) is 18.2 Å². The summed E-state index contributed by atoms with van der Waals surface area (Å²) in [6.45, 7) is 0. The number of aromatic hydroxyl groups is 2. The molecule has 0 aliphatic carbocycles. The second kappa shape index (κ2) is 38.6. The average molecular weight is 1550 g/mol. The van der Waals surface area contributed by atoms with E-state index in [-0.39, 0.29) is 285 Å². The molecule has 36 nitrogen and oxygen atoms in total. The minimum atomic E-state index is -5.49. The van der Waals surface area contributed by atoms with Crippen LogP contribution in [0, 0.1) is 0 Å². The maximum Gasteiger partial charge on any atom is 1.00 e. The number of fused-ring (bicyclic) bond motifs is 2. The van der Waals surface area contributed by atoms with Crippen molar-refractivity contribution in [2.24, 2.45) is 40.9 Å². The molecule has 7 N–H and O–H groups in total. The topological polar surface area (TPSA) is 600 Å². The predicted octanol–water partition coefficient (Wildman–Crippen LogP) is -13.8. The van der Waals surface area contributed by atoms with Gasteiger partial charge in [0.2, 0.25) is 0 Å². The van der Waals surface area contributed by atoms with Crippen LogP contribution in [0.25, 0.3) is 21.5 Å². The molecule has 0 aromatic heterocycles. The Labute approximate surface area is 713 Å². The van der Waals surface area contributed by atoms with Crippen LogP contribution < -0.4 is 233 Å². The first-order valence-corrected chi connectivity index (χ1v) is 34.9. The zero-order valence-corrected chi connectivity index (χ0v) is 71.6. The van der Waals surface area contributed by atoms with Crippen molar-refractivity contribution < 1.29 is 308 Å². The van der Waals surface area contributed by atoms with Crippen molar-refractivity contribution in [3.8, 4) is 11.5 Å².